The highest BCUT2D eigenvalue weighted by molar-refractivity contribution is 5.80. The fourth-order valence-corrected chi connectivity index (χ4v) is 5.47. The van der Waals surface area contributed by atoms with Crippen LogP contribution in [0.15, 0.2) is 36.5 Å². The summed E-state index contributed by atoms with van der Waals surface area (Å²) in [5.74, 6) is 1.83. The van der Waals surface area contributed by atoms with Crippen molar-refractivity contribution in [3.63, 3.8) is 0 Å². The van der Waals surface area contributed by atoms with E-state index in [4.69, 9.17) is 14.2 Å². The molecule has 4 aliphatic rings. The summed E-state index contributed by atoms with van der Waals surface area (Å²) >= 11 is 0. The third-order valence-corrected chi connectivity index (χ3v) is 7.72. The Morgan fingerprint density at radius 1 is 1.08 bits per heavy atom. The number of hydrogen-bond acceptors (Lipinski definition) is 8. The number of fused-ring (bicyclic) bond motifs is 1. The lowest BCUT2D eigenvalue weighted by Gasteiger charge is -2.30. The molecule has 2 saturated heterocycles. The Morgan fingerprint density at radius 3 is 2.70 bits per heavy atom. The number of likely N-dealkylation sites (tertiary alicyclic amines) is 1. The maximum atomic E-state index is 13.4. The highest BCUT2D eigenvalue weighted by Gasteiger charge is 2.33. The van der Waals surface area contributed by atoms with Crippen molar-refractivity contribution in [3.8, 4) is 17.4 Å². The van der Waals surface area contributed by atoms with Crippen molar-refractivity contribution in [3.05, 3.63) is 42.1 Å². The first-order valence-electron chi connectivity index (χ1n) is 13.6. The van der Waals surface area contributed by atoms with Crippen LogP contribution in [-0.2, 0) is 4.79 Å². The minimum Gasteiger partial charge on any atom is -0.486 e. The molecule has 0 bridgehead atoms. The lowest BCUT2D eigenvalue weighted by atomic mass is 9.99. The summed E-state index contributed by atoms with van der Waals surface area (Å²) in [6.45, 7) is 5.04. The molecule has 3 unspecified atom stereocenters. The number of carbonyl (C=O) groups is 1. The summed E-state index contributed by atoms with van der Waals surface area (Å²) in [4.78, 5) is 22.3. The maximum Gasteiger partial charge on any atom is 0.225 e. The molecule has 1 amide bonds. The Hall–Kier alpha value is -3.04. The van der Waals surface area contributed by atoms with Crippen LogP contribution in [0.1, 0.15) is 43.8 Å². The second-order valence-corrected chi connectivity index (χ2v) is 10.6. The molecule has 2 N–H and O–H groups in total. The Bertz CT molecular complexity index is 1100. The Labute approximate surface area is 217 Å². The van der Waals surface area contributed by atoms with Gasteiger partial charge in [-0.15, -0.1) is 0 Å². The first-order chi connectivity index (χ1) is 18.1. The summed E-state index contributed by atoms with van der Waals surface area (Å²) in [5, 5.41) is 14.6. The minimum absolute atomic E-state index is 0.00759. The van der Waals surface area contributed by atoms with E-state index in [1.54, 1.807) is 6.20 Å². The van der Waals surface area contributed by atoms with Crippen LogP contribution in [0.4, 0.5) is 5.69 Å². The average Bonchev–Trinajstić information content (AvgIpc) is 3.37. The van der Waals surface area contributed by atoms with Crippen molar-refractivity contribution in [2.75, 3.05) is 50.8 Å². The molecule has 4 heterocycles. The van der Waals surface area contributed by atoms with E-state index in [0.29, 0.717) is 49.8 Å². The molecule has 9 heteroatoms. The normalized spacial score (nSPS) is 23.1. The molecule has 3 atom stereocenters. The number of nitrogens with one attached hydrogen (secondary N) is 1. The van der Waals surface area contributed by atoms with Gasteiger partial charge < -0.3 is 34.4 Å². The molecule has 1 aliphatic carbocycles. The number of hydrogen-bond donors (Lipinski definition) is 2. The third-order valence-electron chi connectivity index (χ3n) is 7.72. The molecule has 0 radical (unpaired) electrons. The van der Waals surface area contributed by atoms with Gasteiger partial charge in [-0.05, 0) is 69.0 Å². The largest absolute Gasteiger partial charge is 0.486 e. The molecule has 1 saturated carbocycles. The van der Waals surface area contributed by atoms with Gasteiger partial charge in [0, 0.05) is 37.6 Å². The van der Waals surface area contributed by atoms with Gasteiger partial charge in [0.1, 0.15) is 25.4 Å². The Balaban J connectivity index is 1.12. The van der Waals surface area contributed by atoms with E-state index < -0.39 is 12.1 Å². The zero-order chi connectivity index (χ0) is 25.2. The van der Waals surface area contributed by atoms with Gasteiger partial charge in [0.15, 0.2) is 11.5 Å². The molecule has 1 aromatic carbocycles. The minimum atomic E-state index is -0.847. The van der Waals surface area contributed by atoms with Crippen molar-refractivity contribution >= 4 is 11.6 Å². The molecule has 2 aromatic rings. The molecule has 3 fully saturated rings. The zero-order valence-electron chi connectivity index (χ0n) is 21.2. The number of aliphatic hydroxyl groups excluding tert-OH is 1. The average molecular weight is 509 g/mol. The predicted molar refractivity (Wildman–Crippen MR) is 138 cm³/mol. The number of anilines is 1. The fourth-order valence-electron chi connectivity index (χ4n) is 5.47. The van der Waals surface area contributed by atoms with Crippen LogP contribution >= 0.6 is 0 Å². The highest BCUT2D eigenvalue weighted by atomic mass is 16.6. The number of aromatic nitrogens is 1. The summed E-state index contributed by atoms with van der Waals surface area (Å²) in [7, 11) is 0. The molecule has 3 aliphatic heterocycles. The van der Waals surface area contributed by atoms with Crippen molar-refractivity contribution in [2.24, 2.45) is 5.92 Å². The van der Waals surface area contributed by atoms with E-state index in [2.05, 4.69) is 20.1 Å². The van der Waals surface area contributed by atoms with Crippen LogP contribution in [0, 0.1) is 5.92 Å². The molecular weight excluding hydrogens is 472 g/mol. The first kappa shape index (κ1) is 24.3. The second-order valence-electron chi connectivity index (χ2n) is 10.6. The van der Waals surface area contributed by atoms with Crippen molar-refractivity contribution < 1.29 is 24.1 Å². The number of aliphatic hydroxyl groups is 1. The SMILES string of the molecule is O=C(NC(CN1CCCC1)C(O)c1ccc2c(c1)OCCO2)C1CCN(c2ccnc(OC3CC3)c2)C1. The predicted octanol–water partition coefficient (Wildman–Crippen LogP) is 2.53. The number of nitrogens with zero attached hydrogens (tertiary/aromatic N) is 3. The summed E-state index contributed by atoms with van der Waals surface area (Å²) in [5.41, 5.74) is 1.76. The summed E-state index contributed by atoms with van der Waals surface area (Å²) < 4.78 is 17.2. The number of rotatable bonds is 9. The van der Waals surface area contributed by atoms with E-state index in [-0.39, 0.29) is 11.8 Å². The van der Waals surface area contributed by atoms with Crippen molar-refractivity contribution in [1.82, 2.24) is 15.2 Å². The van der Waals surface area contributed by atoms with Gasteiger partial charge in [0.25, 0.3) is 0 Å². The van der Waals surface area contributed by atoms with Gasteiger partial charge >= 0.3 is 0 Å². The number of pyridine rings is 1. The van der Waals surface area contributed by atoms with Gasteiger partial charge in [0.2, 0.25) is 11.8 Å². The van der Waals surface area contributed by atoms with E-state index in [1.807, 2.05) is 30.3 Å². The first-order valence-corrected chi connectivity index (χ1v) is 13.6. The number of carbonyl (C=O) groups excluding carboxylic acids is 1. The summed E-state index contributed by atoms with van der Waals surface area (Å²) in [6.07, 6.45) is 6.48. The van der Waals surface area contributed by atoms with Crippen LogP contribution in [0.5, 0.6) is 17.4 Å². The lowest BCUT2D eigenvalue weighted by molar-refractivity contribution is -0.126. The Morgan fingerprint density at radius 2 is 1.89 bits per heavy atom. The van der Waals surface area contributed by atoms with E-state index in [0.717, 1.165) is 63.0 Å². The number of ether oxygens (including phenoxy) is 3. The van der Waals surface area contributed by atoms with Crippen molar-refractivity contribution in [1.29, 1.82) is 0 Å². The molecule has 0 spiro atoms. The smallest absolute Gasteiger partial charge is 0.225 e. The van der Waals surface area contributed by atoms with Gasteiger partial charge in [-0.1, -0.05) is 6.07 Å². The van der Waals surface area contributed by atoms with Gasteiger partial charge in [-0.3, -0.25) is 4.79 Å². The molecule has 37 heavy (non-hydrogen) atoms. The van der Waals surface area contributed by atoms with Crippen LogP contribution in [0.2, 0.25) is 0 Å². The van der Waals surface area contributed by atoms with Gasteiger partial charge in [-0.25, -0.2) is 4.98 Å². The van der Waals surface area contributed by atoms with Crippen LogP contribution in [0.3, 0.4) is 0 Å². The number of amides is 1. The monoisotopic (exact) mass is 508 g/mol. The standard InChI is InChI=1S/C28H36N4O5/c33-27(19-3-6-24-25(15-19)36-14-13-35-24)23(18-31-10-1-2-11-31)30-28(34)20-8-12-32(17-20)21-7-9-29-26(16-21)37-22-4-5-22/h3,6-7,9,15-16,20,22-23,27,33H,1-2,4-5,8,10-14,17-18H2,(H,30,34). The van der Waals surface area contributed by atoms with Crippen LogP contribution in [0.25, 0.3) is 0 Å². The third kappa shape index (κ3) is 5.78. The lowest BCUT2D eigenvalue weighted by Crippen LogP contribution is -2.48. The van der Waals surface area contributed by atoms with Crippen LogP contribution in [-0.4, -0.2) is 79.0 Å². The number of benzene rings is 1. The van der Waals surface area contributed by atoms with Gasteiger partial charge in [-0.2, -0.15) is 0 Å². The van der Waals surface area contributed by atoms with Crippen molar-refractivity contribution in [2.45, 2.75) is 50.4 Å². The highest BCUT2D eigenvalue weighted by Crippen LogP contribution is 2.34. The fraction of sp³-hybridized carbons (Fsp3) is 0.571. The van der Waals surface area contributed by atoms with E-state index >= 15 is 0 Å². The Kier molecular flexibility index (Phi) is 7.06. The zero-order valence-corrected chi connectivity index (χ0v) is 21.2. The second kappa shape index (κ2) is 10.8. The molecule has 1 aromatic heterocycles. The van der Waals surface area contributed by atoms with Crippen LogP contribution < -0.4 is 24.4 Å². The molecule has 6 rings (SSSR count). The summed E-state index contributed by atoms with van der Waals surface area (Å²) in [6, 6.07) is 9.07. The molecule has 198 valence electrons. The van der Waals surface area contributed by atoms with E-state index in [9.17, 15) is 9.90 Å². The molecular formula is C28H36N4O5. The van der Waals surface area contributed by atoms with Gasteiger partial charge in [0.05, 0.1) is 12.0 Å². The maximum absolute atomic E-state index is 13.4. The topological polar surface area (TPSA) is 96.4 Å². The molecule has 9 nitrogen and oxygen atoms in total. The quantitative estimate of drug-likeness (QED) is 0.534. The van der Waals surface area contributed by atoms with E-state index in [1.165, 1.54) is 0 Å².